The minimum atomic E-state index is -0.282. The van der Waals surface area contributed by atoms with Crippen molar-refractivity contribution in [1.82, 2.24) is 4.90 Å². The van der Waals surface area contributed by atoms with Crippen LogP contribution in [0, 0.1) is 0 Å². The summed E-state index contributed by atoms with van der Waals surface area (Å²) in [6.45, 7) is 0. The maximum atomic E-state index is 9.49. The predicted octanol–water partition coefficient (Wildman–Crippen LogP) is -0.849. The number of nitrogens with two attached hydrogens (primary N) is 1. The van der Waals surface area contributed by atoms with Crippen molar-refractivity contribution in [3.05, 3.63) is 0 Å². The quantitative estimate of drug-likeness (QED) is 0.463. The lowest BCUT2D eigenvalue weighted by molar-refractivity contribution is -0.0986. The second kappa shape index (κ2) is 1.94. The van der Waals surface area contributed by atoms with Crippen molar-refractivity contribution >= 4 is 0 Å². The molecule has 0 radical (unpaired) electrons. The molecule has 0 aromatic heterocycles. The van der Waals surface area contributed by atoms with Crippen LogP contribution in [0.3, 0.4) is 0 Å². The van der Waals surface area contributed by atoms with E-state index in [9.17, 15) is 5.11 Å². The van der Waals surface area contributed by atoms with Crippen molar-refractivity contribution in [2.75, 3.05) is 7.05 Å². The minimum absolute atomic E-state index is 0.0277. The van der Waals surface area contributed by atoms with Crippen molar-refractivity contribution in [1.29, 1.82) is 0 Å². The fraction of sp³-hybridized carbons (Fsp3) is 1.00. The Bertz CT molecular complexity index is 147. The molecule has 1 aliphatic carbocycles. The van der Waals surface area contributed by atoms with E-state index in [1.54, 1.807) is 0 Å². The molecular formula is C7H14N2O. The van der Waals surface area contributed by atoms with Crippen LogP contribution < -0.4 is 5.73 Å². The number of nitrogens with zero attached hydrogens (tertiary/aromatic N) is 1. The van der Waals surface area contributed by atoms with Crippen LogP contribution in [0.25, 0.3) is 0 Å². The molecular weight excluding hydrogens is 128 g/mol. The number of likely N-dealkylation sites (N-methyl/N-ethyl adjacent to an activating group) is 1. The Hall–Kier alpha value is -0.120. The molecule has 10 heavy (non-hydrogen) atoms. The number of rotatable bonds is 0. The highest BCUT2D eigenvalue weighted by molar-refractivity contribution is 5.05. The van der Waals surface area contributed by atoms with Gasteiger partial charge in [0, 0.05) is 18.1 Å². The third-order valence-electron chi connectivity index (χ3n) is 2.99. The molecule has 3 aliphatic rings. The lowest BCUT2D eigenvalue weighted by Crippen LogP contribution is -2.69. The van der Waals surface area contributed by atoms with Crippen molar-refractivity contribution in [3.8, 4) is 0 Å². The monoisotopic (exact) mass is 142 g/mol. The summed E-state index contributed by atoms with van der Waals surface area (Å²) in [4.78, 5) is 2.23. The number of aliphatic hydroxyl groups excluding tert-OH is 1. The van der Waals surface area contributed by atoms with Gasteiger partial charge in [-0.1, -0.05) is 0 Å². The highest BCUT2D eigenvalue weighted by Crippen LogP contribution is 2.35. The first-order valence-electron chi connectivity index (χ1n) is 3.85. The summed E-state index contributed by atoms with van der Waals surface area (Å²) in [5, 5.41) is 9.49. The number of aliphatic hydroxyl groups is 1. The summed E-state index contributed by atoms with van der Waals surface area (Å²) in [6, 6.07) is 1.04. The van der Waals surface area contributed by atoms with Gasteiger partial charge in [0.1, 0.15) is 0 Å². The summed E-state index contributed by atoms with van der Waals surface area (Å²) in [6.07, 6.45) is 1.83. The zero-order valence-corrected chi connectivity index (χ0v) is 6.20. The SMILES string of the molecule is CN1C2CC(N)C(O)C1C2. The molecule has 2 heterocycles. The molecule has 0 aromatic rings. The van der Waals surface area contributed by atoms with Gasteiger partial charge in [0.2, 0.25) is 0 Å². The summed E-state index contributed by atoms with van der Waals surface area (Å²) in [5.74, 6) is 0. The standard InChI is InChI=1S/C7H14N2O/c1-9-4-2-5(8)7(10)6(9)3-4/h4-7,10H,2-3,8H2,1H3. The van der Waals surface area contributed by atoms with Gasteiger partial charge < -0.3 is 10.8 Å². The molecule has 2 aliphatic heterocycles. The lowest BCUT2D eigenvalue weighted by Gasteiger charge is -2.55. The Morgan fingerprint density at radius 3 is 2.60 bits per heavy atom. The molecule has 3 rings (SSSR count). The summed E-state index contributed by atoms with van der Waals surface area (Å²) in [7, 11) is 2.06. The number of hydrogen-bond donors (Lipinski definition) is 2. The van der Waals surface area contributed by atoms with Crippen LogP contribution in [0.5, 0.6) is 0 Å². The molecule has 0 spiro atoms. The van der Waals surface area contributed by atoms with Gasteiger partial charge in [-0.25, -0.2) is 0 Å². The smallest absolute Gasteiger partial charge is 0.0847 e. The molecule has 2 bridgehead atoms. The Morgan fingerprint density at radius 1 is 1.50 bits per heavy atom. The van der Waals surface area contributed by atoms with E-state index in [0.717, 1.165) is 12.8 Å². The normalized spacial score (nSPS) is 54.3. The molecule has 4 atom stereocenters. The van der Waals surface area contributed by atoms with Gasteiger partial charge >= 0.3 is 0 Å². The van der Waals surface area contributed by atoms with Crippen molar-refractivity contribution in [2.24, 2.45) is 5.73 Å². The third-order valence-corrected chi connectivity index (χ3v) is 2.99. The Kier molecular flexibility index (Phi) is 1.27. The maximum absolute atomic E-state index is 9.49. The van der Waals surface area contributed by atoms with E-state index in [4.69, 9.17) is 5.73 Å². The molecule has 0 aromatic carbocycles. The van der Waals surface area contributed by atoms with E-state index in [-0.39, 0.29) is 12.1 Å². The van der Waals surface area contributed by atoms with Crippen molar-refractivity contribution < 1.29 is 5.11 Å². The fourth-order valence-corrected chi connectivity index (χ4v) is 2.13. The second-order valence-electron chi connectivity index (χ2n) is 3.51. The Balaban J connectivity index is 2.08. The lowest BCUT2D eigenvalue weighted by atomic mass is 9.76. The molecule has 0 amide bonds. The van der Waals surface area contributed by atoms with E-state index >= 15 is 0 Å². The number of fused-ring (bicyclic) bond motifs is 2. The molecule has 3 heteroatoms. The third kappa shape index (κ3) is 0.654. The van der Waals surface area contributed by atoms with Crippen molar-refractivity contribution in [3.63, 3.8) is 0 Å². The largest absolute Gasteiger partial charge is 0.390 e. The first-order valence-corrected chi connectivity index (χ1v) is 3.85. The average Bonchev–Trinajstić information content (AvgIpc) is 1.92. The molecule has 1 saturated carbocycles. The molecule has 3 fully saturated rings. The molecule has 3 N–H and O–H groups in total. The van der Waals surface area contributed by atoms with E-state index in [1.807, 2.05) is 0 Å². The maximum Gasteiger partial charge on any atom is 0.0847 e. The molecule has 2 saturated heterocycles. The molecule has 4 unspecified atom stereocenters. The highest BCUT2D eigenvalue weighted by Gasteiger charge is 2.47. The summed E-state index contributed by atoms with van der Waals surface area (Å²) in [5.41, 5.74) is 5.68. The number of piperidine rings is 1. The van der Waals surface area contributed by atoms with Crippen LogP contribution >= 0.6 is 0 Å². The van der Waals surface area contributed by atoms with Crippen molar-refractivity contribution in [2.45, 2.75) is 37.1 Å². The van der Waals surface area contributed by atoms with Crippen LogP contribution in [0.2, 0.25) is 0 Å². The van der Waals surface area contributed by atoms with Crippen LogP contribution in [-0.4, -0.2) is 41.3 Å². The minimum Gasteiger partial charge on any atom is -0.390 e. The van der Waals surface area contributed by atoms with Gasteiger partial charge in [0.15, 0.2) is 0 Å². The van der Waals surface area contributed by atoms with Crippen LogP contribution in [0.4, 0.5) is 0 Å². The van der Waals surface area contributed by atoms with E-state index in [0.29, 0.717) is 12.1 Å². The summed E-state index contributed by atoms with van der Waals surface area (Å²) >= 11 is 0. The van der Waals surface area contributed by atoms with Gasteiger partial charge in [-0.05, 0) is 19.9 Å². The predicted molar refractivity (Wildman–Crippen MR) is 38.6 cm³/mol. The van der Waals surface area contributed by atoms with Gasteiger partial charge in [0.05, 0.1) is 6.10 Å². The van der Waals surface area contributed by atoms with Crippen LogP contribution in [0.1, 0.15) is 12.8 Å². The number of hydrogen-bond acceptors (Lipinski definition) is 3. The highest BCUT2D eigenvalue weighted by atomic mass is 16.3. The van der Waals surface area contributed by atoms with E-state index in [2.05, 4.69) is 11.9 Å². The zero-order valence-electron chi connectivity index (χ0n) is 6.20. The summed E-state index contributed by atoms with van der Waals surface area (Å²) < 4.78 is 0. The van der Waals surface area contributed by atoms with E-state index in [1.165, 1.54) is 0 Å². The van der Waals surface area contributed by atoms with Crippen LogP contribution in [-0.2, 0) is 0 Å². The van der Waals surface area contributed by atoms with Gasteiger partial charge in [-0.2, -0.15) is 0 Å². The first-order chi connectivity index (χ1) is 4.70. The Labute approximate surface area is 60.8 Å². The van der Waals surface area contributed by atoms with E-state index < -0.39 is 0 Å². The molecule has 3 nitrogen and oxygen atoms in total. The van der Waals surface area contributed by atoms with Gasteiger partial charge in [0.25, 0.3) is 0 Å². The van der Waals surface area contributed by atoms with Crippen LogP contribution in [0.15, 0.2) is 0 Å². The second-order valence-corrected chi connectivity index (χ2v) is 3.51. The molecule has 58 valence electrons. The topological polar surface area (TPSA) is 49.5 Å². The van der Waals surface area contributed by atoms with Gasteiger partial charge in [-0.3, -0.25) is 4.90 Å². The van der Waals surface area contributed by atoms with Gasteiger partial charge in [-0.15, -0.1) is 0 Å². The first kappa shape index (κ1) is 6.58. The Morgan fingerprint density at radius 2 is 2.20 bits per heavy atom. The average molecular weight is 142 g/mol. The zero-order chi connectivity index (χ0) is 7.30. The fourth-order valence-electron chi connectivity index (χ4n) is 2.13.